The van der Waals surface area contributed by atoms with Crippen LogP contribution < -0.4 is 0 Å². The zero-order valence-electron chi connectivity index (χ0n) is 12.6. The minimum absolute atomic E-state index is 0.0110. The molecule has 5 nitrogen and oxygen atoms in total. The highest BCUT2D eigenvalue weighted by atomic mass is 32.1. The summed E-state index contributed by atoms with van der Waals surface area (Å²) in [5, 5.41) is 20.7. The number of nitrogens with zero attached hydrogens (tertiary/aromatic N) is 2. The van der Waals surface area contributed by atoms with Crippen LogP contribution in [0.2, 0.25) is 0 Å². The Labute approximate surface area is 134 Å². The van der Waals surface area contributed by atoms with Crippen LogP contribution in [0.25, 0.3) is 0 Å². The van der Waals surface area contributed by atoms with Crippen molar-refractivity contribution in [3.63, 3.8) is 0 Å². The summed E-state index contributed by atoms with van der Waals surface area (Å²) in [4.78, 5) is 14.9. The summed E-state index contributed by atoms with van der Waals surface area (Å²) >= 11 is 1.32. The van der Waals surface area contributed by atoms with Gasteiger partial charge in [-0.3, -0.25) is 4.79 Å². The van der Waals surface area contributed by atoms with Gasteiger partial charge in [-0.25, -0.2) is 0 Å². The predicted molar refractivity (Wildman–Crippen MR) is 82.6 cm³/mol. The van der Waals surface area contributed by atoms with Crippen LogP contribution in [-0.4, -0.2) is 47.8 Å². The van der Waals surface area contributed by atoms with Crippen LogP contribution >= 0.6 is 11.3 Å². The Morgan fingerprint density at radius 1 is 1.59 bits per heavy atom. The summed E-state index contributed by atoms with van der Waals surface area (Å²) in [5.74, 6) is -0.0110. The summed E-state index contributed by atoms with van der Waals surface area (Å²) in [6, 6.07) is 3.70. The number of hydrogen-bond donors (Lipinski definition) is 1. The number of carbonyl (C=O) groups excluding carboxylic acids is 1. The first-order valence-corrected chi connectivity index (χ1v) is 8.56. The third kappa shape index (κ3) is 2.43. The molecule has 1 amide bonds. The summed E-state index contributed by atoms with van der Waals surface area (Å²) < 4.78 is 5.74. The minimum atomic E-state index is -0.312. The minimum Gasteiger partial charge on any atom is -0.392 e. The van der Waals surface area contributed by atoms with Crippen molar-refractivity contribution in [1.82, 2.24) is 4.90 Å². The monoisotopic (exact) mass is 320 g/mol. The van der Waals surface area contributed by atoms with Crippen molar-refractivity contribution in [3.8, 4) is 6.07 Å². The van der Waals surface area contributed by atoms with Gasteiger partial charge >= 0.3 is 0 Å². The maximum Gasteiger partial charge on any atom is 0.263 e. The van der Waals surface area contributed by atoms with E-state index in [4.69, 9.17) is 10.00 Å². The van der Waals surface area contributed by atoms with Crippen LogP contribution in [-0.2, 0) is 4.74 Å². The third-order valence-electron chi connectivity index (χ3n) is 5.03. The molecule has 0 bridgehead atoms. The van der Waals surface area contributed by atoms with E-state index in [0.717, 1.165) is 12.8 Å². The van der Waals surface area contributed by atoms with Gasteiger partial charge in [-0.2, -0.15) is 5.26 Å². The maximum atomic E-state index is 12.5. The fourth-order valence-corrected chi connectivity index (χ4v) is 4.41. The van der Waals surface area contributed by atoms with Crippen LogP contribution in [0, 0.1) is 16.7 Å². The molecule has 0 radical (unpaired) electrons. The molecule has 1 saturated carbocycles. The van der Waals surface area contributed by atoms with Gasteiger partial charge in [-0.05, 0) is 25.8 Å². The molecule has 6 heteroatoms. The number of piperidine rings is 1. The van der Waals surface area contributed by atoms with Gasteiger partial charge in [0.15, 0.2) is 0 Å². The summed E-state index contributed by atoms with van der Waals surface area (Å²) in [6.45, 7) is 3.91. The molecule has 1 spiro atoms. The third-order valence-corrected chi connectivity index (χ3v) is 5.95. The van der Waals surface area contributed by atoms with Crippen molar-refractivity contribution in [3.05, 3.63) is 21.9 Å². The Kier molecular flexibility index (Phi) is 4.22. The molecule has 2 atom stereocenters. The fraction of sp³-hybridized carbons (Fsp3) is 0.625. The molecule has 2 heterocycles. The Morgan fingerprint density at radius 3 is 2.86 bits per heavy atom. The Morgan fingerprint density at radius 2 is 2.32 bits per heavy atom. The van der Waals surface area contributed by atoms with E-state index in [2.05, 4.69) is 6.07 Å². The predicted octanol–water partition coefficient (Wildman–Crippen LogP) is 2.01. The van der Waals surface area contributed by atoms with Gasteiger partial charge in [-0.1, -0.05) is 0 Å². The fourth-order valence-electron chi connectivity index (χ4n) is 3.61. The van der Waals surface area contributed by atoms with Crippen LogP contribution in [0.3, 0.4) is 0 Å². The lowest BCUT2D eigenvalue weighted by Gasteiger charge is -2.56. The normalized spacial score (nSPS) is 26.5. The number of likely N-dealkylation sites (tertiary alicyclic amines) is 1. The number of thiophene rings is 1. The van der Waals surface area contributed by atoms with Crippen molar-refractivity contribution >= 4 is 17.2 Å². The topological polar surface area (TPSA) is 73.6 Å². The van der Waals surface area contributed by atoms with Gasteiger partial charge in [0, 0.05) is 36.9 Å². The number of ether oxygens (including phenoxy) is 1. The Hall–Kier alpha value is -1.42. The molecular formula is C16H20N2O3S. The molecule has 3 rings (SSSR count). The molecule has 1 aromatic heterocycles. The first kappa shape index (κ1) is 15.5. The lowest BCUT2D eigenvalue weighted by atomic mass is 9.58. The summed E-state index contributed by atoms with van der Waals surface area (Å²) in [6.07, 6.45) is 2.07. The largest absolute Gasteiger partial charge is 0.392 e. The van der Waals surface area contributed by atoms with Gasteiger partial charge in [0.1, 0.15) is 6.07 Å². The molecule has 2 fully saturated rings. The highest BCUT2D eigenvalue weighted by molar-refractivity contribution is 7.12. The Bertz CT molecular complexity index is 597. The van der Waals surface area contributed by atoms with Gasteiger partial charge in [-0.15, -0.1) is 11.3 Å². The SMILES string of the molecule is CCO[C@@H]1C[C@@H](O)C12CCN(C(=O)c1cc(C#N)cs1)CC2. The summed E-state index contributed by atoms with van der Waals surface area (Å²) in [5.41, 5.74) is 0.368. The van der Waals surface area contributed by atoms with Gasteiger partial charge < -0.3 is 14.7 Å². The molecule has 1 aliphatic heterocycles. The first-order chi connectivity index (χ1) is 10.6. The average Bonchev–Trinajstić information content (AvgIpc) is 3.03. The molecule has 1 aliphatic carbocycles. The molecule has 118 valence electrons. The van der Waals surface area contributed by atoms with Gasteiger partial charge in [0.2, 0.25) is 0 Å². The smallest absolute Gasteiger partial charge is 0.263 e. The van der Waals surface area contributed by atoms with Crippen molar-refractivity contribution in [2.24, 2.45) is 5.41 Å². The number of rotatable bonds is 3. The molecule has 2 aliphatic rings. The quantitative estimate of drug-likeness (QED) is 0.924. The van der Waals surface area contributed by atoms with E-state index >= 15 is 0 Å². The molecule has 0 unspecified atom stereocenters. The van der Waals surface area contributed by atoms with Crippen molar-refractivity contribution in [2.75, 3.05) is 19.7 Å². The van der Waals surface area contributed by atoms with Gasteiger partial charge in [0.05, 0.1) is 22.6 Å². The molecule has 1 N–H and O–H groups in total. The second-order valence-electron chi connectivity index (χ2n) is 6.03. The number of carbonyl (C=O) groups is 1. The number of aliphatic hydroxyl groups is 1. The van der Waals surface area contributed by atoms with E-state index in [1.165, 1.54) is 11.3 Å². The highest BCUT2D eigenvalue weighted by Crippen LogP contribution is 2.51. The molecule has 1 aromatic rings. The van der Waals surface area contributed by atoms with E-state index in [0.29, 0.717) is 36.6 Å². The molecule has 1 saturated heterocycles. The number of nitriles is 1. The second kappa shape index (κ2) is 5.99. The maximum absolute atomic E-state index is 12.5. The van der Waals surface area contributed by atoms with E-state index in [9.17, 15) is 9.90 Å². The zero-order chi connectivity index (χ0) is 15.7. The molecule has 22 heavy (non-hydrogen) atoms. The van der Waals surface area contributed by atoms with Crippen molar-refractivity contribution in [2.45, 2.75) is 38.4 Å². The van der Waals surface area contributed by atoms with Crippen LogP contribution in [0.1, 0.15) is 41.4 Å². The van der Waals surface area contributed by atoms with Crippen LogP contribution in [0.4, 0.5) is 0 Å². The van der Waals surface area contributed by atoms with Crippen molar-refractivity contribution in [1.29, 1.82) is 5.26 Å². The van der Waals surface area contributed by atoms with Gasteiger partial charge in [0.25, 0.3) is 5.91 Å². The standard InChI is InChI=1S/C16H20N2O3S/c1-2-21-14-8-13(19)16(14)3-5-18(6-4-16)15(20)12-7-11(9-17)10-22-12/h7,10,13-14,19H,2-6,8H2,1H3/t13-,14-/m1/s1. The van der Waals surface area contributed by atoms with E-state index in [1.54, 1.807) is 11.4 Å². The lowest BCUT2D eigenvalue weighted by Crippen LogP contribution is -2.62. The Balaban J connectivity index is 1.64. The van der Waals surface area contributed by atoms with Crippen LogP contribution in [0.15, 0.2) is 11.4 Å². The molecular weight excluding hydrogens is 300 g/mol. The van der Waals surface area contributed by atoms with E-state index < -0.39 is 0 Å². The number of amides is 1. The lowest BCUT2D eigenvalue weighted by molar-refractivity contribution is -0.207. The first-order valence-electron chi connectivity index (χ1n) is 7.68. The number of hydrogen-bond acceptors (Lipinski definition) is 5. The number of aliphatic hydroxyl groups excluding tert-OH is 1. The van der Waals surface area contributed by atoms with Crippen LogP contribution in [0.5, 0.6) is 0 Å². The van der Waals surface area contributed by atoms with Crippen molar-refractivity contribution < 1.29 is 14.6 Å². The summed E-state index contributed by atoms with van der Waals surface area (Å²) in [7, 11) is 0. The molecule has 0 aromatic carbocycles. The average molecular weight is 320 g/mol. The van der Waals surface area contributed by atoms with E-state index in [1.807, 2.05) is 11.8 Å². The van der Waals surface area contributed by atoms with E-state index in [-0.39, 0.29) is 23.5 Å². The zero-order valence-corrected chi connectivity index (χ0v) is 13.4. The second-order valence-corrected chi connectivity index (χ2v) is 6.94. The highest BCUT2D eigenvalue weighted by Gasteiger charge is 2.56.